The Kier molecular flexibility index (Phi) is 4.29. The van der Waals surface area contributed by atoms with Crippen LogP contribution in [0.4, 0.5) is 0 Å². The van der Waals surface area contributed by atoms with Gasteiger partial charge >= 0.3 is 5.97 Å². The fourth-order valence-corrected chi connectivity index (χ4v) is 3.81. The number of benzene rings is 1. The Hall–Kier alpha value is -2.95. The molecule has 0 bridgehead atoms. The van der Waals surface area contributed by atoms with Crippen LogP contribution in [0.3, 0.4) is 0 Å². The molecule has 2 heterocycles. The molecule has 1 aromatic heterocycles. The molecule has 0 saturated carbocycles. The Morgan fingerprint density at radius 1 is 1.19 bits per heavy atom. The summed E-state index contributed by atoms with van der Waals surface area (Å²) in [6.07, 6.45) is 4.79. The largest absolute Gasteiger partial charge is 0.465 e. The molecule has 132 valence electrons. The topological polar surface area (TPSA) is 59.5 Å². The predicted octanol–water partition coefficient (Wildman–Crippen LogP) is 2.82. The number of rotatable bonds is 3. The highest BCUT2D eigenvalue weighted by molar-refractivity contribution is 6.02. The van der Waals surface area contributed by atoms with Gasteiger partial charge in [-0.15, -0.1) is 0 Å². The second-order valence-electron chi connectivity index (χ2n) is 6.71. The summed E-state index contributed by atoms with van der Waals surface area (Å²) in [5.41, 5.74) is 3.93. The van der Waals surface area contributed by atoms with Crippen LogP contribution >= 0.6 is 0 Å². The van der Waals surface area contributed by atoms with E-state index < -0.39 is 5.97 Å². The second-order valence-corrected chi connectivity index (χ2v) is 6.71. The number of carbonyl (C=O) groups is 2. The molecule has 5 nitrogen and oxygen atoms in total. The number of aromatic nitrogens is 1. The molecule has 1 saturated heterocycles. The lowest BCUT2D eigenvalue weighted by atomic mass is 9.99. The van der Waals surface area contributed by atoms with Gasteiger partial charge in [-0.25, -0.2) is 4.79 Å². The van der Waals surface area contributed by atoms with Crippen LogP contribution in [0, 0.1) is 0 Å². The first kappa shape index (κ1) is 16.5. The van der Waals surface area contributed by atoms with E-state index in [-0.39, 0.29) is 5.91 Å². The number of carbonyl (C=O) groups excluding carboxylic acids is 2. The van der Waals surface area contributed by atoms with Gasteiger partial charge in [-0.3, -0.25) is 9.78 Å². The molecule has 1 fully saturated rings. The van der Waals surface area contributed by atoms with E-state index in [1.807, 2.05) is 23.1 Å². The Morgan fingerprint density at radius 2 is 2.00 bits per heavy atom. The van der Waals surface area contributed by atoms with Gasteiger partial charge in [0.05, 0.1) is 18.4 Å². The van der Waals surface area contributed by atoms with Gasteiger partial charge < -0.3 is 9.64 Å². The summed E-state index contributed by atoms with van der Waals surface area (Å²) >= 11 is 0. The number of fused-ring (bicyclic) bond motifs is 1. The third-order valence-corrected chi connectivity index (χ3v) is 5.19. The van der Waals surface area contributed by atoms with Gasteiger partial charge in [-0.1, -0.05) is 30.3 Å². The highest BCUT2D eigenvalue weighted by Crippen LogP contribution is 2.32. The summed E-state index contributed by atoms with van der Waals surface area (Å²) in [7, 11) is 1.36. The average molecular weight is 348 g/mol. The predicted molar refractivity (Wildman–Crippen MR) is 97.6 cm³/mol. The quantitative estimate of drug-likeness (QED) is 0.801. The number of methoxy groups -OCH3 is 1. The van der Waals surface area contributed by atoms with Crippen molar-refractivity contribution < 1.29 is 14.3 Å². The number of hydrogen-bond acceptors (Lipinski definition) is 4. The van der Waals surface area contributed by atoms with Crippen molar-refractivity contribution in [3.05, 3.63) is 70.6 Å². The summed E-state index contributed by atoms with van der Waals surface area (Å²) in [5, 5.41) is 0. The van der Waals surface area contributed by atoms with E-state index in [1.165, 1.54) is 12.7 Å². The zero-order valence-corrected chi connectivity index (χ0v) is 14.6. The molecule has 1 atom stereocenters. The maximum Gasteiger partial charge on any atom is 0.338 e. The minimum absolute atomic E-state index is 0.0391. The van der Waals surface area contributed by atoms with Crippen molar-refractivity contribution in [2.24, 2.45) is 0 Å². The van der Waals surface area contributed by atoms with Crippen molar-refractivity contribution in [2.75, 3.05) is 20.2 Å². The standard InChI is InChI=1S/C21H20N2O3/c1-26-21(25)17-7-9-22-19-12-16(11-18(17)19)20(24)23-10-8-15(13-23)14-5-3-2-4-6-14/h2-7,9,12,15H,8,10-11,13H2,1H3. The molecule has 1 unspecified atom stereocenters. The van der Waals surface area contributed by atoms with Crippen molar-refractivity contribution >= 4 is 18.0 Å². The molecule has 4 rings (SSSR count). The van der Waals surface area contributed by atoms with E-state index in [0.29, 0.717) is 29.2 Å². The van der Waals surface area contributed by atoms with Gasteiger partial charge in [0.15, 0.2) is 0 Å². The van der Waals surface area contributed by atoms with Crippen LogP contribution in [0.5, 0.6) is 0 Å². The molecule has 1 aromatic carbocycles. The van der Waals surface area contributed by atoms with Crippen LogP contribution in [0.1, 0.15) is 39.5 Å². The van der Waals surface area contributed by atoms with E-state index >= 15 is 0 Å². The van der Waals surface area contributed by atoms with Gasteiger partial charge in [0.2, 0.25) is 5.91 Å². The summed E-state index contributed by atoms with van der Waals surface area (Å²) in [6.45, 7) is 1.48. The van der Waals surface area contributed by atoms with Crippen molar-refractivity contribution in [2.45, 2.75) is 18.8 Å². The van der Waals surface area contributed by atoms with E-state index in [2.05, 4.69) is 17.1 Å². The van der Waals surface area contributed by atoms with E-state index in [4.69, 9.17) is 4.74 Å². The Bertz CT molecular complexity index is 889. The number of pyridine rings is 1. The molecule has 26 heavy (non-hydrogen) atoms. The molecule has 1 amide bonds. The van der Waals surface area contributed by atoms with Crippen LogP contribution in [-0.4, -0.2) is 42.0 Å². The molecule has 0 radical (unpaired) electrons. The highest BCUT2D eigenvalue weighted by atomic mass is 16.5. The lowest BCUT2D eigenvalue weighted by molar-refractivity contribution is -0.126. The summed E-state index contributed by atoms with van der Waals surface area (Å²) in [6, 6.07) is 12.0. The first-order valence-corrected chi connectivity index (χ1v) is 8.78. The zero-order chi connectivity index (χ0) is 18.1. The normalized spacial score (nSPS) is 18.4. The van der Waals surface area contributed by atoms with Crippen LogP contribution < -0.4 is 0 Å². The van der Waals surface area contributed by atoms with Crippen molar-refractivity contribution in [3.63, 3.8) is 0 Å². The Balaban J connectivity index is 1.49. The number of hydrogen-bond donors (Lipinski definition) is 0. The van der Waals surface area contributed by atoms with Gasteiger partial charge in [-0.05, 0) is 29.7 Å². The molecule has 2 aliphatic rings. The fraction of sp³-hybridized carbons (Fsp3) is 0.286. The first-order chi connectivity index (χ1) is 12.7. The molecule has 0 N–H and O–H groups in total. The number of amides is 1. The van der Waals surface area contributed by atoms with Crippen LogP contribution in [0.2, 0.25) is 0 Å². The third-order valence-electron chi connectivity index (χ3n) is 5.19. The summed E-state index contributed by atoms with van der Waals surface area (Å²) < 4.78 is 4.83. The molecule has 1 aliphatic carbocycles. The fourth-order valence-electron chi connectivity index (χ4n) is 3.81. The molecule has 1 aliphatic heterocycles. The molecule has 5 heteroatoms. The van der Waals surface area contributed by atoms with Gasteiger partial charge in [0.25, 0.3) is 0 Å². The molecule has 0 spiro atoms. The number of esters is 1. The zero-order valence-electron chi connectivity index (χ0n) is 14.6. The number of likely N-dealkylation sites (tertiary alicyclic amines) is 1. The van der Waals surface area contributed by atoms with Crippen molar-refractivity contribution in [1.29, 1.82) is 0 Å². The maximum atomic E-state index is 13.0. The lowest BCUT2D eigenvalue weighted by Gasteiger charge is -2.17. The Labute approximate surface area is 152 Å². The Morgan fingerprint density at radius 3 is 2.77 bits per heavy atom. The summed E-state index contributed by atoms with van der Waals surface area (Å²) in [5.74, 6) is 0.0293. The number of nitrogens with zero attached hydrogens (tertiary/aromatic N) is 2. The SMILES string of the molecule is COC(=O)c1ccnc2c1CC(C(=O)N1CCC(c3ccccc3)C1)=C2. The van der Waals surface area contributed by atoms with Gasteiger partial charge in [0.1, 0.15) is 0 Å². The van der Waals surface area contributed by atoms with Crippen molar-refractivity contribution in [3.8, 4) is 0 Å². The average Bonchev–Trinajstić information content (AvgIpc) is 3.34. The minimum atomic E-state index is -0.393. The van der Waals surface area contributed by atoms with E-state index in [0.717, 1.165) is 25.1 Å². The highest BCUT2D eigenvalue weighted by Gasteiger charge is 2.32. The summed E-state index contributed by atoms with van der Waals surface area (Å²) in [4.78, 5) is 31.1. The molecular formula is C21H20N2O3. The molecule has 2 aromatic rings. The van der Waals surface area contributed by atoms with Gasteiger partial charge in [0, 0.05) is 37.2 Å². The first-order valence-electron chi connectivity index (χ1n) is 8.78. The smallest absolute Gasteiger partial charge is 0.338 e. The second kappa shape index (κ2) is 6.75. The van der Waals surface area contributed by atoms with Crippen molar-refractivity contribution in [1.82, 2.24) is 9.88 Å². The minimum Gasteiger partial charge on any atom is -0.465 e. The maximum absolute atomic E-state index is 13.0. The van der Waals surface area contributed by atoms with Gasteiger partial charge in [-0.2, -0.15) is 0 Å². The third kappa shape index (κ3) is 2.90. The van der Waals surface area contributed by atoms with Crippen LogP contribution in [0.25, 0.3) is 6.08 Å². The number of ether oxygens (including phenoxy) is 1. The molecular weight excluding hydrogens is 328 g/mol. The van der Waals surface area contributed by atoms with Crippen LogP contribution in [-0.2, 0) is 16.0 Å². The van der Waals surface area contributed by atoms with Crippen LogP contribution in [0.15, 0.2) is 48.2 Å². The lowest BCUT2D eigenvalue weighted by Crippen LogP contribution is -2.29. The monoisotopic (exact) mass is 348 g/mol. The van der Waals surface area contributed by atoms with E-state index in [9.17, 15) is 9.59 Å². The van der Waals surface area contributed by atoms with E-state index in [1.54, 1.807) is 18.3 Å².